The zero-order valence-electron chi connectivity index (χ0n) is 20.9. The van der Waals surface area contributed by atoms with Crippen LogP contribution in [0.1, 0.15) is 38.8 Å². The smallest absolute Gasteiger partial charge is 0.326 e. The number of hydrogen-bond donors (Lipinski definition) is 1. The lowest BCUT2D eigenvalue weighted by atomic mass is 9.87. The lowest BCUT2D eigenvalue weighted by Crippen LogP contribution is -2.73. The molecule has 3 amide bonds. The van der Waals surface area contributed by atoms with Crippen molar-refractivity contribution >= 4 is 29.2 Å². The number of carbonyl (C=O) groups excluding carboxylic acids is 4. The van der Waals surface area contributed by atoms with E-state index in [1.165, 1.54) is 25.3 Å². The van der Waals surface area contributed by atoms with Crippen molar-refractivity contribution in [1.29, 1.82) is 0 Å². The minimum Gasteiger partial charge on any atom is -0.326 e. The highest BCUT2D eigenvalue weighted by Gasteiger charge is 2.61. The first-order valence-corrected chi connectivity index (χ1v) is 11.6. The maximum Gasteiger partial charge on any atom is 0.454 e. The molecule has 196 valence electrons. The monoisotopic (exact) mass is 515 g/mol. The molecule has 37 heavy (non-hydrogen) atoms. The number of nitrogens with one attached hydrogen (secondary N) is 1. The number of hydrogen-bond acceptors (Lipinski definition) is 4. The van der Waals surface area contributed by atoms with E-state index >= 15 is 0 Å². The third-order valence-corrected chi connectivity index (χ3v) is 6.04. The molecule has 2 atom stereocenters. The fraction of sp³-hybridized carbons (Fsp3) is 0.333. The van der Waals surface area contributed by atoms with Crippen LogP contribution in [0, 0.1) is 5.92 Å². The van der Waals surface area contributed by atoms with E-state index < -0.39 is 53.7 Å². The molecule has 1 heterocycles. The van der Waals surface area contributed by atoms with Crippen molar-refractivity contribution in [3.05, 3.63) is 78.0 Å². The molecule has 0 aromatic heterocycles. The quantitative estimate of drug-likeness (QED) is 0.606. The number of halogens is 3. The molecule has 1 aliphatic heterocycles. The van der Waals surface area contributed by atoms with Gasteiger partial charge < -0.3 is 10.2 Å². The Labute approximate surface area is 212 Å². The van der Waals surface area contributed by atoms with Gasteiger partial charge in [0, 0.05) is 26.5 Å². The van der Waals surface area contributed by atoms with Crippen molar-refractivity contribution in [2.24, 2.45) is 5.92 Å². The van der Waals surface area contributed by atoms with Crippen LogP contribution in [0.15, 0.2) is 66.9 Å². The van der Waals surface area contributed by atoms with Gasteiger partial charge in [0.2, 0.25) is 11.8 Å². The molecule has 0 aliphatic carbocycles. The molecule has 7 nitrogen and oxygen atoms in total. The Morgan fingerprint density at radius 1 is 0.946 bits per heavy atom. The molecule has 2 aromatic carbocycles. The van der Waals surface area contributed by atoms with Crippen molar-refractivity contribution in [2.75, 3.05) is 0 Å². The Balaban J connectivity index is 2.43. The third-order valence-electron chi connectivity index (χ3n) is 6.04. The van der Waals surface area contributed by atoms with Crippen molar-refractivity contribution in [2.45, 2.75) is 52.0 Å². The van der Waals surface area contributed by atoms with Gasteiger partial charge in [-0.15, -0.1) is 0 Å². The van der Waals surface area contributed by atoms with Crippen LogP contribution in [0.3, 0.4) is 0 Å². The van der Waals surface area contributed by atoms with Gasteiger partial charge in [-0.3, -0.25) is 24.1 Å². The molecule has 0 saturated heterocycles. The average Bonchev–Trinajstić information content (AvgIpc) is 2.82. The molecule has 1 N–H and O–H groups in total. The molecule has 1 aliphatic rings. The Kier molecular flexibility index (Phi) is 7.90. The number of nitrogens with zero attached hydrogens (tertiary/aromatic N) is 2. The highest BCUT2D eigenvalue weighted by atomic mass is 19.4. The highest BCUT2D eigenvalue weighted by molar-refractivity contribution is 6.05. The van der Waals surface area contributed by atoms with Gasteiger partial charge in [0.1, 0.15) is 6.04 Å². The van der Waals surface area contributed by atoms with Crippen molar-refractivity contribution in [3.8, 4) is 0 Å². The Morgan fingerprint density at radius 3 is 1.95 bits per heavy atom. The summed E-state index contributed by atoms with van der Waals surface area (Å²) in [5, 5.41) is 2.20. The number of amides is 3. The van der Waals surface area contributed by atoms with E-state index in [-0.39, 0.29) is 16.8 Å². The predicted molar refractivity (Wildman–Crippen MR) is 130 cm³/mol. The van der Waals surface area contributed by atoms with E-state index in [4.69, 9.17) is 0 Å². The normalized spacial score (nSPS) is 17.8. The zero-order valence-corrected chi connectivity index (χ0v) is 20.9. The van der Waals surface area contributed by atoms with Gasteiger partial charge >= 0.3 is 6.18 Å². The summed E-state index contributed by atoms with van der Waals surface area (Å²) in [7, 11) is 0. The van der Waals surface area contributed by atoms with Crippen molar-refractivity contribution < 1.29 is 32.3 Å². The first kappa shape index (κ1) is 27.6. The van der Waals surface area contributed by atoms with Gasteiger partial charge in [-0.05, 0) is 17.0 Å². The largest absolute Gasteiger partial charge is 0.454 e. The molecule has 0 radical (unpaired) electrons. The zero-order chi connectivity index (χ0) is 27.5. The van der Waals surface area contributed by atoms with E-state index in [2.05, 4.69) is 5.32 Å². The maximum atomic E-state index is 14.2. The van der Waals surface area contributed by atoms with E-state index in [1.807, 2.05) is 0 Å². The summed E-state index contributed by atoms with van der Waals surface area (Å²) in [4.78, 5) is 54.3. The number of alkyl halides is 3. The Hall–Kier alpha value is -3.95. The van der Waals surface area contributed by atoms with Crippen molar-refractivity contribution in [1.82, 2.24) is 15.1 Å². The van der Waals surface area contributed by atoms with Gasteiger partial charge in [-0.2, -0.15) is 13.2 Å². The molecular formula is C27H28F3N3O4. The van der Waals surface area contributed by atoms with E-state index in [0.29, 0.717) is 0 Å². The number of Topliss-reactive ketones (excluding diaryl/α,β-unsaturated/α-hetero) is 1. The SMILES string of the molecule is CC(=O)NC(Cc1ccccc1)(C(=O)C(F)(F)F)N1C(=O)[C@H](C(C)C)N(C(C)=O)C=C1c1ccccc1. The van der Waals surface area contributed by atoms with Gasteiger partial charge in [0.15, 0.2) is 5.66 Å². The van der Waals surface area contributed by atoms with Crippen LogP contribution in [-0.2, 0) is 25.6 Å². The predicted octanol–water partition coefficient (Wildman–Crippen LogP) is 3.91. The lowest BCUT2D eigenvalue weighted by molar-refractivity contribution is -0.187. The molecule has 0 fully saturated rings. The fourth-order valence-electron chi connectivity index (χ4n) is 4.57. The van der Waals surface area contributed by atoms with Crippen LogP contribution in [0.5, 0.6) is 0 Å². The second kappa shape index (κ2) is 10.6. The molecular weight excluding hydrogens is 487 g/mol. The number of carbonyl (C=O) groups is 4. The Bertz CT molecular complexity index is 1210. The molecule has 0 spiro atoms. The van der Waals surface area contributed by atoms with E-state index in [1.54, 1.807) is 62.4 Å². The standard InChI is InChI=1S/C27H28F3N3O4/c1-17(2)23-24(36)33(22(16-32(23)19(4)35)21-13-9-6-10-14-21)26(31-18(3)34,25(37)27(28,29)30)15-20-11-7-5-8-12-20/h5-14,16-17,23H,15H2,1-4H3,(H,31,34)/t23-,26?/m0/s1. The van der Waals surface area contributed by atoms with E-state index in [9.17, 15) is 32.3 Å². The second-order valence-corrected chi connectivity index (χ2v) is 9.20. The van der Waals surface area contributed by atoms with Gasteiger partial charge in [0.25, 0.3) is 11.7 Å². The fourth-order valence-corrected chi connectivity index (χ4v) is 4.57. The third kappa shape index (κ3) is 5.58. The van der Waals surface area contributed by atoms with Gasteiger partial charge in [0.05, 0.1) is 5.70 Å². The lowest BCUT2D eigenvalue weighted by Gasteiger charge is -2.49. The summed E-state index contributed by atoms with van der Waals surface area (Å²) < 4.78 is 42.7. The van der Waals surface area contributed by atoms with Crippen molar-refractivity contribution in [3.63, 3.8) is 0 Å². The first-order valence-electron chi connectivity index (χ1n) is 11.6. The summed E-state index contributed by atoms with van der Waals surface area (Å²) in [6, 6.07) is 14.6. The summed E-state index contributed by atoms with van der Waals surface area (Å²) in [6.07, 6.45) is -4.80. The number of benzene rings is 2. The first-order chi connectivity index (χ1) is 17.3. The molecule has 0 saturated carbocycles. The summed E-state index contributed by atoms with van der Waals surface area (Å²) in [5.41, 5.74) is -2.42. The van der Waals surface area contributed by atoms with E-state index in [0.717, 1.165) is 16.7 Å². The van der Waals surface area contributed by atoms with Gasteiger partial charge in [-0.1, -0.05) is 74.5 Å². The second-order valence-electron chi connectivity index (χ2n) is 9.20. The molecule has 10 heteroatoms. The Morgan fingerprint density at radius 2 is 1.49 bits per heavy atom. The summed E-state index contributed by atoms with van der Waals surface area (Å²) in [5.74, 6) is -5.21. The topological polar surface area (TPSA) is 86.8 Å². The van der Waals surface area contributed by atoms with Gasteiger partial charge in [-0.25, -0.2) is 0 Å². The van der Waals surface area contributed by atoms with Crippen LogP contribution in [0.2, 0.25) is 0 Å². The summed E-state index contributed by atoms with van der Waals surface area (Å²) >= 11 is 0. The van der Waals surface area contributed by atoms with Crippen LogP contribution in [0.4, 0.5) is 13.2 Å². The number of ketones is 1. The van der Waals surface area contributed by atoms with Crippen LogP contribution < -0.4 is 5.32 Å². The molecule has 1 unspecified atom stereocenters. The summed E-state index contributed by atoms with van der Waals surface area (Å²) in [6.45, 7) is 5.50. The molecule has 3 rings (SSSR count). The van der Waals surface area contributed by atoms with Crippen LogP contribution in [0.25, 0.3) is 5.70 Å². The average molecular weight is 516 g/mol. The molecule has 2 aromatic rings. The van der Waals surface area contributed by atoms with Crippen LogP contribution >= 0.6 is 0 Å². The number of rotatable bonds is 7. The minimum absolute atomic E-state index is 0.125. The minimum atomic E-state index is -5.41. The highest BCUT2D eigenvalue weighted by Crippen LogP contribution is 2.39. The molecule has 0 bridgehead atoms. The van der Waals surface area contributed by atoms with Crippen LogP contribution in [-0.4, -0.2) is 51.2 Å². The maximum absolute atomic E-state index is 14.2.